The molecule has 0 aromatic heterocycles. The van der Waals surface area contributed by atoms with Crippen molar-refractivity contribution >= 4 is 17.2 Å². The van der Waals surface area contributed by atoms with Crippen LogP contribution in [0.4, 0.5) is 11.4 Å². The fourth-order valence-corrected chi connectivity index (χ4v) is 2.18. The lowest BCUT2D eigenvalue weighted by atomic mass is 9.85. The fraction of sp³-hybridized carbons (Fsp3) is 0.188. The Morgan fingerprint density at radius 2 is 1.29 bits per heavy atom. The molecule has 0 radical (unpaired) electrons. The number of aliphatic hydroxyl groups is 2. The van der Waals surface area contributed by atoms with Crippen LogP contribution in [-0.2, 0) is 4.79 Å². The molecule has 21 heavy (non-hydrogen) atoms. The minimum atomic E-state index is -1.43. The molecular formula is C16H18N2O3. The first-order valence-corrected chi connectivity index (χ1v) is 6.56. The SMILES string of the molecule is Nc1ccc(C(C(=O)C(O)CO)c2ccc(N)cc2)cc1. The van der Waals surface area contributed by atoms with E-state index in [0.717, 1.165) is 0 Å². The number of ketones is 1. The molecule has 2 rings (SSSR count). The number of rotatable bonds is 5. The van der Waals surface area contributed by atoms with Gasteiger partial charge in [-0.05, 0) is 35.4 Å². The predicted molar refractivity (Wildman–Crippen MR) is 81.7 cm³/mol. The van der Waals surface area contributed by atoms with Gasteiger partial charge < -0.3 is 21.7 Å². The van der Waals surface area contributed by atoms with Crippen LogP contribution in [0.25, 0.3) is 0 Å². The molecule has 2 aromatic carbocycles. The highest BCUT2D eigenvalue weighted by Crippen LogP contribution is 2.28. The van der Waals surface area contributed by atoms with Crippen LogP contribution < -0.4 is 11.5 Å². The molecule has 0 aliphatic rings. The quantitative estimate of drug-likeness (QED) is 0.611. The fourth-order valence-electron chi connectivity index (χ4n) is 2.18. The zero-order chi connectivity index (χ0) is 15.4. The second kappa shape index (κ2) is 6.39. The summed E-state index contributed by atoms with van der Waals surface area (Å²) in [7, 11) is 0. The summed E-state index contributed by atoms with van der Waals surface area (Å²) in [5, 5.41) is 18.7. The lowest BCUT2D eigenvalue weighted by Gasteiger charge is -2.19. The van der Waals surface area contributed by atoms with Gasteiger partial charge in [-0.15, -0.1) is 0 Å². The third kappa shape index (κ3) is 3.39. The monoisotopic (exact) mass is 286 g/mol. The summed E-state index contributed by atoms with van der Waals surface area (Å²) in [5.74, 6) is -1.14. The van der Waals surface area contributed by atoms with Gasteiger partial charge in [0.2, 0.25) is 0 Å². The van der Waals surface area contributed by atoms with Crippen molar-refractivity contribution in [2.75, 3.05) is 18.1 Å². The van der Waals surface area contributed by atoms with E-state index in [0.29, 0.717) is 22.5 Å². The molecule has 0 aliphatic heterocycles. The number of Topliss-reactive ketones (excluding diaryl/α,β-unsaturated/α-hetero) is 1. The van der Waals surface area contributed by atoms with E-state index in [2.05, 4.69) is 0 Å². The molecule has 0 heterocycles. The Kier molecular flexibility index (Phi) is 4.57. The molecule has 1 atom stereocenters. The first-order valence-electron chi connectivity index (χ1n) is 6.56. The van der Waals surface area contributed by atoms with Crippen LogP contribution in [-0.4, -0.2) is 28.7 Å². The van der Waals surface area contributed by atoms with Crippen molar-refractivity contribution in [1.29, 1.82) is 0 Å². The molecule has 0 bridgehead atoms. The molecule has 0 aliphatic carbocycles. The Morgan fingerprint density at radius 3 is 1.62 bits per heavy atom. The van der Waals surface area contributed by atoms with Crippen molar-refractivity contribution in [2.45, 2.75) is 12.0 Å². The van der Waals surface area contributed by atoms with Crippen molar-refractivity contribution in [3.63, 3.8) is 0 Å². The lowest BCUT2D eigenvalue weighted by molar-refractivity contribution is -0.129. The number of nitrogens with two attached hydrogens (primary N) is 2. The summed E-state index contributed by atoms with van der Waals surface area (Å²) >= 11 is 0. The van der Waals surface area contributed by atoms with Crippen LogP contribution in [0.1, 0.15) is 17.0 Å². The maximum atomic E-state index is 12.4. The van der Waals surface area contributed by atoms with Gasteiger partial charge in [-0.2, -0.15) is 0 Å². The highest BCUT2D eigenvalue weighted by molar-refractivity contribution is 5.92. The lowest BCUT2D eigenvalue weighted by Crippen LogP contribution is -2.30. The number of carbonyl (C=O) groups excluding carboxylic acids is 1. The highest BCUT2D eigenvalue weighted by Gasteiger charge is 2.27. The average molecular weight is 286 g/mol. The van der Waals surface area contributed by atoms with Crippen LogP contribution in [0.5, 0.6) is 0 Å². The Morgan fingerprint density at radius 1 is 0.905 bits per heavy atom. The van der Waals surface area contributed by atoms with E-state index in [1.54, 1.807) is 48.5 Å². The Labute approximate surface area is 122 Å². The van der Waals surface area contributed by atoms with E-state index >= 15 is 0 Å². The zero-order valence-electron chi connectivity index (χ0n) is 11.4. The summed E-state index contributed by atoms with van der Waals surface area (Å²) in [4.78, 5) is 12.4. The zero-order valence-corrected chi connectivity index (χ0v) is 11.4. The predicted octanol–water partition coefficient (Wildman–Crippen LogP) is 0.905. The number of hydrogen-bond acceptors (Lipinski definition) is 5. The molecule has 0 saturated carbocycles. The molecule has 0 saturated heterocycles. The van der Waals surface area contributed by atoms with Crippen LogP contribution in [0, 0.1) is 0 Å². The third-order valence-electron chi connectivity index (χ3n) is 3.33. The number of benzene rings is 2. The Hall–Kier alpha value is -2.37. The van der Waals surface area contributed by atoms with Gasteiger partial charge >= 0.3 is 0 Å². The molecule has 2 aromatic rings. The van der Waals surface area contributed by atoms with Gasteiger partial charge in [0.1, 0.15) is 6.10 Å². The van der Waals surface area contributed by atoms with Crippen molar-refractivity contribution in [2.24, 2.45) is 0 Å². The van der Waals surface area contributed by atoms with Crippen molar-refractivity contribution in [3.8, 4) is 0 Å². The van der Waals surface area contributed by atoms with E-state index in [4.69, 9.17) is 16.6 Å². The van der Waals surface area contributed by atoms with Gasteiger partial charge in [-0.25, -0.2) is 0 Å². The number of hydrogen-bond donors (Lipinski definition) is 4. The topological polar surface area (TPSA) is 110 Å². The molecule has 1 unspecified atom stereocenters. The summed E-state index contributed by atoms with van der Waals surface area (Å²) in [6, 6.07) is 13.7. The van der Waals surface area contributed by atoms with E-state index in [1.165, 1.54) is 0 Å². The standard InChI is InChI=1S/C16H18N2O3/c17-12-5-1-10(2-6-12)15(16(21)14(20)9-19)11-3-7-13(18)8-4-11/h1-8,14-15,19-20H,9,17-18H2. The molecule has 5 nitrogen and oxygen atoms in total. The highest BCUT2D eigenvalue weighted by atomic mass is 16.3. The summed E-state index contributed by atoms with van der Waals surface area (Å²) in [5.41, 5.74) is 13.9. The number of carbonyl (C=O) groups is 1. The number of anilines is 2. The van der Waals surface area contributed by atoms with Gasteiger partial charge in [-0.1, -0.05) is 24.3 Å². The normalized spacial score (nSPS) is 12.3. The largest absolute Gasteiger partial charge is 0.399 e. The van der Waals surface area contributed by atoms with Crippen LogP contribution in [0.15, 0.2) is 48.5 Å². The van der Waals surface area contributed by atoms with Crippen LogP contribution >= 0.6 is 0 Å². The smallest absolute Gasteiger partial charge is 0.175 e. The second-order valence-electron chi connectivity index (χ2n) is 4.87. The first-order chi connectivity index (χ1) is 10.0. The van der Waals surface area contributed by atoms with Crippen molar-refractivity contribution in [1.82, 2.24) is 0 Å². The summed E-state index contributed by atoms with van der Waals surface area (Å²) in [6.45, 7) is -0.612. The molecule has 5 heteroatoms. The average Bonchev–Trinajstić information content (AvgIpc) is 2.50. The second-order valence-corrected chi connectivity index (χ2v) is 4.87. The number of nitrogen functional groups attached to an aromatic ring is 2. The Bertz CT molecular complexity index is 563. The van der Waals surface area contributed by atoms with Gasteiger partial charge in [0.15, 0.2) is 5.78 Å². The molecule has 6 N–H and O–H groups in total. The maximum absolute atomic E-state index is 12.4. The van der Waals surface area contributed by atoms with Crippen molar-refractivity contribution in [3.05, 3.63) is 59.7 Å². The van der Waals surface area contributed by atoms with E-state index < -0.39 is 24.4 Å². The molecule has 0 spiro atoms. The van der Waals surface area contributed by atoms with E-state index in [9.17, 15) is 9.90 Å². The van der Waals surface area contributed by atoms with E-state index in [1.807, 2.05) is 0 Å². The summed E-state index contributed by atoms with van der Waals surface area (Å²) in [6.07, 6.45) is -1.43. The third-order valence-corrected chi connectivity index (χ3v) is 3.33. The molecule has 0 amide bonds. The van der Waals surface area contributed by atoms with Crippen molar-refractivity contribution < 1.29 is 15.0 Å². The maximum Gasteiger partial charge on any atom is 0.175 e. The first kappa shape index (κ1) is 15.0. The van der Waals surface area contributed by atoms with Gasteiger partial charge in [0.05, 0.1) is 12.5 Å². The minimum Gasteiger partial charge on any atom is -0.399 e. The van der Waals surface area contributed by atoms with Gasteiger partial charge in [-0.3, -0.25) is 4.79 Å². The summed E-state index contributed by atoms with van der Waals surface area (Å²) < 4.78 is 0. The number of aliphatic hydroxyl groups excluding tert-OH is 2. The van der Waals surface area contributed by atoms with Gasteiger partial charge in [0.25, 0.3) is 0 Å². The Balaban J connectivity index is 2.45. The van der Waals surface area contributed by atoms with Crippen LogP contribution in [0.2, 0.25) is 0 Å². The van der Waals surface area contributed by atoms with Gasteiger partial charge in [0, 0.05) is 11.4 Å². The minimum absolute atomic E-state index is 0.466. The molecule has 0 fully saturated rings. The molecule has 110 valence electrons. The molecular weight excluding hydrogens is 268 g/mol. The van der Waals surface area contributed by atoms with E-state index in [-0.39, 0.29) is 0 Å². The van der Waals surface area contributed by atoms with Crippen LogP contribution in [0.3, 0.4) is 0 Å².